The van der Waals surface area contributed by atoms with E-state index in [1.807, 2.05) is 0 Å². The maximum absolute atomic E-state index is 14.6. The lowest BCUT2D eigenvalue weighted by molar-refractivity contribution is -0.142. The molecule has 1 aromatic rings. The lowest BCUT2D eigenvalue weighted by Gasteiger charge is -2.60. The van der Waals surface area contributed by atoms with Crippen LogP contribution >= 0.6 is 0 Å². The van der Waals surface area contributed by atoms with Gasteiger partial charge in [0.15, 0.2) is 5.83 Å². The molecule has 0 saturated heterocycles. The van der Waals surface area contributed by atoms with Crippen molar-refractivity contribution < 1.29 is 18.4 Å². The molecule has 2 amide bonds. The van der Waals surface area contributed by atoms with Crippen molar-refractivity contribution in [1.82, 2.24) is 15.2 Å². The molecule has 0 bridgehead atoms. The van der Waals surface area contributed by atoms with Gasteiger partial charge in [0.25, 0.3) is 5.91 Å². The monoisotopic (exact) mass is 471 g/mol. The first-order valence-electron chi connectivity index (χ1n) is 12.7. The van der Waals surface area contributed by atoms with Gasteiger partial charge in [0.2, 0.25) is 5.91 Å². The summed E-state index contributed by atoms with van der Waals surface area (Å²) in [5, 5.41) is 2.86. The van der Waals surface area contributed by atoms with Crippen molar-refractivity contribution in [2.45, 2.75) is 71.4 Å². The molecular formula is C27H35F2N3O2. The quantitative estimate of drug-likeness (QED) is 0.688. The van der Waals surface area contributed by atoms with Crippen LogP contribution in [-0.4, -0.2) is 34.8 Å². The van der Waals surface area contributed by atoms with Gasteiger partial charge in [-0.1, -0.05) is 13.8 Å². The average molecular weight is 472 g/mol. The summed E-state index contributed by atoms with van der Waals surface area (Å²) < 4.78 is 28.4. The number of fused-ring (bicyclic) bond motifs is 5. The van der Waals surface area contributed by atoms with Crippen LogP contribution in [0.1, 0.15) is 64.5 Å². The van der Waals surface area contributed by atoms with Gasteiger partial charge >= 0.3 is 0 Å². The zero-order valence-electron chi connectivity index (χ0n) is 20.3. The fourth-order valence-electron chi connectivity index (χ4n) is 8.30. The highest BCUT2D eigenvalue weighted by Gasteiger charge is 2.61. The van der Waals surface area contributed by atoms with E-state index in [-0.39, 0.29) is 35.0 Å². The second-order valence-corrected chi connectivity index (χ2v) is 11.5. The summed E-state index contributed by atoms with van der Waals surface area (Å²) in [6.45, 7) is 4.60. The Morgan fingerprint density at radius 3 is 2.74 bits per heavy atom. The Hall–Kier alpha value is -2.31. The Balaban J connectivity index is 1.29. The first kappa shape index (κ1) is 23.4. The molecule has 7 heteroatoms. The number of amides is 2. The van der Waals surface area contributed by atoms with Crippen LogP contribution in [0.15, 0.2) is 30.2 Å². The summed E-state index contributed by atoms with van der Waals surface area (Å²) in [5.41, 5.74) is 0.00333. The Morgan fingerprint density at radius 2 is 1.97 bits per heavy atom. The number of carbonyl (C=O) groups is 2. The fraction of sp³-hybridized carbons (Fsp3) is 0.667. The molecule has 0 unspecified atom stereocenters. The lowest BCUT2D eigenvalue weighted by atomic mass is 9.47. The molecule has 1 aliphatic heterocycles. The van der Waals surface area contributed by atoms with E-state index >= 15 is 0 Å². The second kappa shape index (κ2) is 8.42. The van der Waals surface area contributed by atoms with Gasteiger partial charge in [-0.25, -0.2) is 8.78 Å². The molecule has 3 saturated carbocycles. The van der Waals surface area contributed by atoms with E-state index in [0.717, 1.165) is 38.5 Å². The van der Waals surface area contributed by atoms with Gasteiger partial charge in [-0.2, -0.15) is 0 Å². The standard InChI is InChI=1S/C27H35F2N3O2/c1-26-11-10-19-17(7-9-23-27(19,2)14-21(29)25(34)32(23)3)18(26)8-6-16(26)13-24(33)31-15-22-20(28)5-4-12-30-22/h4-5,12,14,16-19,23H,6-11,13,15H2,1-3H3,(H,31,33)/t16-,17+,18+,19+,23-,26-,27-/m1/s1. The summed E-state index contributed by atoms with van der Waals surface area (Å²) in [6, 6.07) is 2.95. The van der Waals surface area contributed by atoms with Crippen molar-refractivity contribution in [3.05, 3.63) is 41.7 Å². The molecule has 184 valence electrons. The Labute approximate surface area is 200 Å². The predicted molar refractivity (Wildman–Crippen MR) is 124 cm³/mol. The molecule has 3 fully saturated rings. The Morgan fingerprint density at radius 1 is 1.18 bits per heavy atom. The topological polar surface area (TPSA) is 62.3 Å². The van der Waals surface area contributed by atoms with Crippen LogP contribution in [0, 0.1) is 40.3 Å². The van der Waals surface area contributed by atoms with E-state index in [1.54, 1.807) is 18.0 Å². The van der Waals surface area contributed by atoms with Gasteiger partial charge in [0.05, 0.1) is 12.2 Å². The molecule has 7 atom stereocenters. The van der Waals surface area contributed by atoms with E-state index in [2.05, 4.69) is 24.1 Å². The first-order valence-corrected chi connectivity index (χ1v) is 12.7. The molecule has 0 spiro atoms. The van der Waals surface area contributed by atoms with Crippen LogP contribution in [0.3, 0.4) is 0 Å². The summed E-state index contributed by atoms with van der Waals surface area (Å²) in [6.07, 6.45) is 9.68. The van der Waals surface area contributed by atoms with Crippen LogP contribution in [0.5, 0.6) is 0 Å². The smallest absolute Gasteiger partial charge is 0.282 e. The molecule has 0 aromatic carbocycles. The third-order valence-corrected chi connectivity index (χ3v) is 10.1. The van der Waals surface area contributed by atoms with Gasteiger partial charge in [-0.15, -0.1) is 0 Å². The van der Waals surface area contributed by atoms with Crippen LogP contribution in [-0.2, 0) is 16.1 Å². The normalized spacial score (nSPS) is 39.1. The number of carbonyl (C=O) groups excluding carboxylic acids is 2. The number of hydrogen-bond donors (Lipinski definition) is 1. The number of halogens is 2. The van der Waals surface area contributed by atoms with Crippen molar-refractivity contribution >= 4 is 11.8 Å². The molecule has 34 heavy (non-hydrogen) atoms. The molecule has 1 N–H and O–H groups in total. The average Bonchev–Trinajstić information content (AvgIpc) is 3.13. The maximum atomic E-state index is 14.6. The largest absolute Gasteiger partial charge is 0.350 e. The minimum Gasteiger partial charge on any atom is -0.350 e. The van der Waals surface area contributed by atoms with E-state index in [4.69, 9.17) is 0 Å². The molecule has 2 heterocycles. The zero-order chi connectivity index (χ0) is 24.3. The molecule has 5 rings (SSSR count). The lowest BCUT2D eigenvalue weighted by Crippen LogP contribution is -2.60. The number of rotatable bonds is 4. The number of pyridine rings is 1. The predicted octanol–water partition coefficient (Wildman–Crippen LogP) is 4.78. The van der Waals surface area contributed by atoms with Gasteiger partial charge in [-0.3, -0.25) is 14.6 Å². The van der Waals surface area contributed by atoms with Crippen LogP contribution in [0.25, 0.3) is 0 Å². The van der Waals surface area contributed by atoms with Gasteiger partial charge in [0.1, 0.15) is 5.82 Å². The van der Waals surface area contributed by atoms with Crippen LogP contribution in [0.4, 0.5) is 8.78 Å². The highest BCUT2D eigenvalue weighted by Crippen LogP contribution is 2.66. The molecule has 1 aromatic heterocycles. The number of likely N-dealkylation sites (N-methyl/N-ethyl adjacent to an activating group) is 1. The Kier molecular flexibility index (Phi) is 5.80. The van der Waals surface area contributed by atoms with Crippen LogP contribution < -0.4 is 5.32 Å². The summed E-state index contributed by atoms with van der Waals surface area (Å²) in [4.78, 5) is 30.7. The van der Waals surface area contributed by atoms with Gasteiger partial charge < -0.3 is 10.2 Å². The van der Waals surface area contributed by atoms with Gasteiger partial charge in [-0.05, 0) is 85.8 Å². The van der Waals surface area contributed by atoms with Gasteiger partial charge in [0, 0.05) is 31.1 Å². The molecule has 5 nitrogen and oxygen atoms in total. The van der Waals surface area contributed by atoms with Crippen molar-refractivity contribution in [3.63, 3.8) is 0 Å². The van der Waals surface area contributed by atoms with E-state index in [1.165, 1.54) is 18.3 Å². The van der Waals surface area contributed by atoms with Crippen molar-refractivity contribution in [1.29, 1.82) is 0 Å². The molecule has 0 radical (unpaired) electrons. The number of aromatic nitrogens is 1. The SMILES string of the molecule is CN1C(=O)C(F)=C[C@]2(C)[C@H]3CC[C@]4(C)[C@@H](CC(=O)NCc5ncccc5F)CC[C@H]4[C@@H]3CC[C@@H]12. The van der Waals surface area contributed by atoms with Crippen molar-refractivity contribution in [2.75, 3.05) is 7.05 Å². The summed E-state index contributed by atoms with van der Waals surface area (Å²) in [7, 11) is 1.74. The third kappa shape index (κ3) is 3.57. The minimum absolute atomic E-state index is 0.0489. The third-order valence-electron chi connectivity index (χ3n) is 10.1. The molecule has 3 aliphatic carbocycles. The zero-order valence-corrected chi connectivity index (χ0v) is 20.3. The van der Waals surface area contributed by atoms with Crippen LogP contribution in [0.2, 0.25) is 0 Å². The molecule has 4 aliphatic rings. The second-order valence-electron chi connectivity index (χ2n) is 11.5. The van der Waals surface area contributed by atoms with E-state index < -0.39 is 17.6 Å². The van der Waals surface area contributed by atoms with E-state index in [0.29, 0.717) is 30.1 Å². The fourth-order valence-corrected chi connectivity index (χ4v) is 8.30. The summed E-state index contributed by atoms with van der Waals surface area (Å²) in [5.74, 6) is 0.0898. The molecular weight excluding hydrogens is 436 g/mol. The maximum Gasteiger partial charge on any atom is 0.282 e. The first-order chi connectivity index (χ1) is 16.1. The highest BCUT2D eigenvalue weighted by molar-refractivity contribution is 5.92. The Bertz CT molecular complexity index is 1030. The van der Waals surface area contributed by atoms with Crippen molar-refractivity contribution in [2.24, 2.45) is 34.5 Å². The summed E-state index contributed by atoms with van der Waals surface area (Å²) >= 11 is 0. The number of nitrogens with one attached hydrogen (secondary N) is 1. The van der Waals surface area contributed by atoms with Crippen molar-refractivity contribution in [3.8, 4) is 0 Å². The number of hydrogen-bond acceptors (Lipinski definition) is 3. The highest BCUT2D eigenvalue weighted by atomic mass is 19.1. The minimum atomic E-state index is -0.611. The van der Waals surface area contributed by atoms with E-state index in [9.17, 15) is 18.4 Å². The number of nitrogens with zero attached hydrogens (tertiary/aromatic N) is 2.